The molecule has 0 saturated heterocycles. The molecule has 1 N–H and O–H groups in total. The Kier molecular flexibility index (Phi) is 3.56. The Balaban J connectivity index is 2.38. The van der Waals surface area contributed by atoms with Crippen molar-refractivity contribution in [3.05, 3.63) is 23.8 Å². The van der Waals surface area contributed by atoms with Crippen LogP contribution in [0.15, 0.2) is 23.8 Å². The molecule has 15 heavy (non-hydrogen) atoms. The van der Waals surface area contributed by atoms with Crippen molar-refractivity contribution >= 4 is 6.09 Å². The summed E-state index contributed by atoms with van der Waals surface area (Å²) < 4.78 is 5.17. The smallest absolute Gasteiger partial charge is 0.408 e. The highest BCUT2D eigenvalue weighted by Crippen LogP contribution is 2.15. The molecule has 0 aromatic rings. The van der Waals surface area contributed by atoms with Crippen LogP contribution in [0.5, 0.6) is 0 Å². The van der Waals surface area contributed by atoms with Gasteiger partial charge in [0.1, 0.15) is 5.60 Å². The maximum atomic E-state index is 11.4. The highest BCUT2D eigenvalue weighted by molar-refractivity contribution is 5.68. The van der Waals surface area contributed by atoms with Gasteiger partial charge in [-0.1, -0.05) is 18.2 Å². The molecule has 0 saturated carbocycles. The maximum Gasteiger partial charge on any atom is 0.408 e. The minimum absolute atomic E-state index is 0.0369. The molecule has 0 radical (unpaired) electrons. The number of allylic oxidation sites excluding steroid dienone is 3. The standard InChI is InChI=1S/C12H19NO2/c1-9(10-7-5-6-8-10)13-11(14)15-12(2,3)4/h5-7,9H,8H2,1-4H3,(H,13,14). The third-order valence-electron chi connectivity index (χ3n) is 2.09. The molecule has 1 amide bonds. The first-order valence-electron chi connectivity index (χ1n) is 5.23. The molecular weight excluding hydrogens is 190 g/mol. The van der Waals surface area contributed by atoms with E-state index >= 15 is 0 Å². The SMILES string of the molecule is CC(NC(=O)OC(C)(C)C)C1=CC=CC1. The van der Waals surface area contributed by atoms with E-state index in [1.807, 2.05) is 39.8 Å². The van der Waals surface area contributed by atoms with Gasteiger partial charge in [0.25, 0.3) is 0 Å². The second-order valence-corrected chi connectivity index (χ2v) is 4.74. The van der Waals surface area contributed by atoms with Gasteiger partial charge >= 0.3 is 6.09 Å². The summed E-state index contributed by atoms with van der Waals surface area (Å²) in [6, 6.07) is 0.0369. The Morgan fingerprint density at radius 2 is 2.20 bits per heavy atom. The molecule has 0 aromatic heterocycles. The van der Waals surface area contributed by atoms with Crippen molar-refractivity contribution in [3.63, 3.8) is 0 Å². The summed E-state index contributed by atoms with van der Waals surface area (Å²) in [6.07, 6.45) is 6.66. The van der Waals surface area contributed by atoms with Gasteiger partial charge in [-0.3, -0.25) is 0 Å². The molecule has 0 bridgehead atoms. The molecule has 1 rings (SSSR count). The van der Waals surface area contributed by atoms with Gasteiger partial charge in [0, 0.05) is 0 Å². The lowest BCUT2D eigenvalue weighted by Gasteiger charge is -2.22. The summed E-state index contributed by atoms with van der Waals surface area (Å²) in [5, 5.41) is 2.81. The maximum absolute atomic E-state index is 11.4. The Bertz CT molecular complexity index is 297. The Morgan fingerprint density at radius 3 is 2.67 bits per heavy atom. The first kappa shape index (κ1) is 11.8. The molecule has 0 spiro atoms. The number of hydrogen-bond acceptors (Lipinski definition) is 2. The van der Waals surface area contributed by atoms with Crippen LogP contribution in [0.2, 0.25) is 0 Å². The molecule has 1 aliphatic rings. The number of ether oxygens (including phenoxy) is 1. The van der Waals surface area contributed by atoms with E-state index in [0.717, 1.165) is 6.42 Å². The van der Waals surface area contributed by atoms with E-state index in [0.29, 0.717) is 0 Å². The van der Waals surface area contributed by atoms with E-state index in [4.69, 9.17) is 4.74 Å². The average molecular weight is 209 g/mol. The van der Waals surface area contributed by atoms with Gasteiger partial charge in [-0.05, 0) is 39.7 Å². The summed E-state index contributed by atoms with van der Waals surface area (Å²) in [5.74, 6) is 0. The molecule has 0 aromatic carbocycles. The van der Waals surface area contributed by atoms with Crippen molar-refractivity contribution < 1.29 is 9.53 Å². The topological polar surface area (TPSA) is 38.3 Å². The molecule has 84 valence electrons. The Hall–Kier alpha value is -1.25. The molecular formula is C12H19NO2. The van der Waals surface area contributed by atoms with Crippen molar-refractivity contribution in [2.45, 2.75) is 45.8 Å². The normalized spacial score (nSPS) is 17.2. The van der Waals surface area contributed by atoms with E-state index in [1.54, 1.807) is 0 Å². The van der Waals surface area contributed by atoms with Crippen molar-refractivity contribution in [3.8, 4) is 0 Å². The predicted molar refractivity (Wildman–Crippen MR) is 60.7 cm³/mol. The lowest BCUT2D eigenvalue weighted by atomic mass is 10.1. The molecule has 0 fully saturated rings. The predicted octanol–water partition coefficient (Wildman–Crippen LogP) is 2.79. The minimum atomic E-state index is -0.438. The fraction of sp³-hybridized carbons (Fsp3) is 0.583. The number of carbonyl (C=O) groups is 1. The first-order valence-corrected chi connectivity index (χ1v) is 5.23. The van der Waals surface area contributed by atoms with Crippen molar-refractivity contribution in [2.24, 2.45) is 0 Å². The van der Waals surface area contributed by atoms with Crippen LogP contribution in [0, 0.1) is 0 Å². The largest absolute Gasteiger partial charge is 0.444 e. The van der Waals surface area contributed by atoms with E-state index in [-0.39, 0.29) is 12.1 Å². The zero-order valence-corrected chi connectivity index (χ0v) is 9.83. The van der Waals surface area contributed by atoms with Gasteiger partial charge in [0.05, 0.1) is 6.04 Å². The Morgan fingerprint density at radius 1 is 1.53 bits per heavy atom. The lowest BCUT2D eigenvalue weighted by molar-refractivity contribution is 0.0515. The van der Waals surface area contributed by atoms with Gasteiger partial charge < -0.3 is 10.1 Å². The van der Waals surface area contributed by atoms with Gasteiger partial charge in [0.2, 0.25) is 0 Å². The summed E-state index contributed by atoms with van der Waals surface area (Å²) in [7, 11) is 0. The summed E-state index contributed by atoms with van der Waals surface area (Å²) >= 11 is 0. The molecule has 3 heteroatoms. The minimum Gasteiger partial charge on any atom is -0.444 e. The van der Waals surface area contributed by atoms with E-state index < -0.39 is 5.60 Å². The second-order valence-electron chi connectivity index (χ2n) is 4.74. The van der Waals surface area contributed by atoms with Crippen LogP contribution in [-0.4, -0.2) is 17.7 Å². The fourth-order valence-electron chi connectivity index (χ4n) is 1.36. The van der Waals surface area contributed by atoms with Crippen LogP contribution in [0.3, 0.4) is 0 Å². The molecule has 3 nitrogen and oxygen atoms in total. The van der Waals surface area contributed by atoms with Gasteiger partial charge in [-0.25, -0.2) is 4.79 Å². The van der Waals surface area contributed by atoms with Crippen LogP contribution < -0.4 is 5.32 Å². The van der Waals surface area contributed by atoms with E-state index in [9.17, 15) is 4.79 Å². The van der Waals surface area contributed by atoms with Gasteiger partial charge in [0.15, 0.2) is 0 Å². The second kappa shape index (κ2) is 4.51. The third-order valence-corrected chi connectivity index (χ3v) is 2.09. The quantitative estimate of drug-likeness (QED) is 0.759. The van der Waals surface area contributed by atoms with Crippen LogP contribution >= 0.6 is 0 Å². The number of hydrogen-bond donors (Lipinski definition) is 1. The number of alkyl carbamates (subject to hydrolysis) is 1. The summed E-state index contributed by atoms with van der Waals surface area (Å²) in [6.45, 7) is 7.53. The summed E-state index contributed by atoms with van der Waals surface area (Å²) in [4.78, 5) is 11.4. The number of rotatable bonds is 2. The molecule has 1 atom stereocenters. The highest BCUT2D eigenvalue weighted by Gasteiger charge is 2.19. The van der Waals surface area contributed by atoms with Crippen LogP contribution in [0.1, 0.15) is 34.1 Å². The van der Waals surface area contributed by atoms with Crippen molar-refractivity contribution in [1.82, 2.24) is 5.32 Å². The average Bonchev–Trinajstić information content (AvgIpc) is 2.50. The van der Waals surface area contributed by atoms with Crippen LogP contribution in [-0.2, 0) is 4.74 Å². The van der Waals surface area contributed by atoms with Crippen molar-refractivity contribution in [2.75, 3.05) is 0 Å². The zero-order chi connectivity index (χ0) is 11.5. The lowest BCUT2D eigenvalue weighted by Crippen LogP contribution is -2.38. The summed E-state index contributed by atoms with van der Waals surface area (Å²) in [5.41, 5.74) is 0.771. The van der Waals surface area contributed by atoms with Gasteiger partial charge in [-0.2, -0.15) is 0 Å². The number of carbonyl (C=O) groups excluding carboxylic acids is 1. The van der Waals surface area contributed by atoms with Crippen molar-refractivity contribution in [1.29, 1.82) is 0 Å². The number of nitrogens with one attached hydrogen (secondary N) is 1. The zero-order valence-electron chi connectivity index (χ0n) is 9.83. The molecule has 0 aliphatic heterocycles. The van der Waals surface area contributed by atoms with E-state index in [1.165, 1.54) is 5.57 Å². The molecule has 1 aliphatic carbocycles. The van der Waals surface area contributed by atoms with Crippen LogP contribution in [0.4, 0.5) is 4.79 Å². The highest BCUT2D eigenvalue weighted by atomic mass is 16.6. The fourth-order valence-corrected chi connectivity index (χ4v) is 1.36. The first-order chi connectivity index (χ1) is 6.88. The Labute approximate surface area is 91.2 Å². The van der Waals surface area contributed by atoms with E-state index in [2.05, 4.69) is 11.4 Å². The van der Waals surface area contributed by atoms with Gasteiger partial charge in [-0.15, -0.1) is 0 Å². The third kappa shape index (κ3) is 4.19. The van der Waals surface area contributed by atoms with Crippen LogP contribution in [0.25, 0.3) is 0 Å². The monoisotopic (exact) mass is 209 g/mol. The molecule has 0 heterocycles. The molecule has 1 unspecified atom stereocenters. The number of amides is 1.